The highest BCUT2D eigenvalue weighted by molar-refractivity contribution is 6.31. The molecule has 2 N–H and O–H groups in total. The molecule has 1 atom stereocenters. The number of carbonyl (C=O) groups excluding carboxylic acids is 1. The monoisotopic (exact) mass is 317 g/mol. The van der Waals surface area contributed by atoms with Crippen molar-refractivity contribution in [1.29, 1.82) is 0 Å². The molecule has 22 heavy (non-hydrogen) atoms. The summed E-state index contributed by atoms with van der Waals surface area (Å²) in [6.07, 6.45) is 1.60. The largest absolute Gasteiger partial charge is 0.396 e. The van der Waals surface area contributed by atoms with Gasteiger partial charge < -0.3 is 10.4 Å². The first-order chi connectivity index (χ1) is 10.7. The van der Waals surface area contributed by atoms with Crippen LogP contribution in [0.4, 0.5) is 0 Å². The van der Waals surface area contributed by atoms with E-state index in [0.717, 1.165) is 11.1 Å². The van der Waals surface area contributed by atoms with Crippen molar-refractivity contribution in [3.05, 3.63) is 70.7 Å². The Hall–Kier alpha value is -1.84. The first kappa shape index (κ1) is 16.5. The number of benzene rings is 2. The molecule has 2 rings (SSSR count). The molecule has 2 aromatic carbocycles. The van der Waals surface area contributed by atoms with E-state index in [9.17, 15) is 4.79 Å². The lowest BCUT2D eigenvalue weighted by atomic mass is 10.0. The summed E-state index contributed by atoms with van der Waals surface area (Å²) in [4.78, 5) is 12.3. The first-order valence-corrected chi connectivity index (χ1v) is 7.77. The molecule has 0 aliphatic heterocycles. The Balaban J connectivity index is 2.03. The lowest BCUT2D eigenvalue weighted by Crippen LogP contribution is -2.30. The summed E-state index contributed by atoms with van der Waals surface area (Å²) in [6.45, 7) is 0.115. The number of hydrogen-bond donors (Lipinski definition) is 2. The molecule has 0 aromatic heterocycles. The van der Waals surface area contributed by atoms with Crippen molar-refractivity contribution in [2.75, 3.05) is 6.61 Å². The summed E-state index contributed by atoms with van der Waals surface area (Å²) < 4.78 is 0. The predicted molar refractivity (Wildman–Crippen MR) is 88.8 cm³/mol. The smallest absolute Gasteiger partial charge is 0.224 e. The second-order valence-corrected chi connectivity index (χ2v) is 5.57. The van der Waals surface area contributed by atoms with Gasteiger partial charge in [-0.1, -0.05) is 60.1 Å². The summed E-state index contributed by atoms with van der Waals surface area (Å²) in [5.74, 6) is -0.0695. The SMILES string of the molecule is O=C(Cc1ccccc1Cl)N[C@H](CCCO)c1ccccc1. The standard InChI is InChI=1S/C18H20ClNO2/c19-16-10-5-4-9-15(16)13-18(22)20-17(11-6-12-21)14-7-2-1-3-8-14/h1-5,7-10,17,21H,6,11-13H2,(H,20,22)/t17-/m1/s1. The zero-order valence-corrected chi connectivity index (χ0v) is 13.1. The summed E-state index contributed by atoms with van der Waals surface area (Å²) in [6, 6.07) is 17.1. The van der Waals surface area contributed by atoms with Crippen molar-refractivity contribution in [2.45, 2.75) is 25.3 Å². The van der Waals surface area contributed by atoms with Crippen LogP contribution in [0.1, 0.15) is 30.0 Å². The Bertz CT molecular complexity index is 601. The van der Waals surface area contributed by atoms with Crippen molar-refractivity contribution in [3.8, 4) is 0 Å². The van der Waals surface area contributed by atoms with Crippen LogP contribution in [0, 0.1) is 0 Å². The lowest BCUT2D eigenvalue weighted by Gasteiger charge is -2.19. The van der Waals surface area contributed by atoms with Crippen LogP contribution in [-0.2, 0) is 11.2 Å². The van der Waals surface area contributed by atoms with Gasteiger partial charge in [-0.15, -0.1) is 0 Å². The molecule has 0 unspecified atom stereocenters. The first-order valence-electron chi connectivity index (χ1n) is 7.39. The molecule has 116 valence electrons. The van der Waals surface area contributed by atoms with E-state index < -0.39 is 0 Å². The van der Waals surface area contributed by atoms with E-state index >= 15 is 0 Å². The van der Waals surface area contributed by atoms with E-state index in [4.69, 9.17) is 16.7 Å². The van der Waals surface area contributed by atoms with Crippen molar-refractivity contribution in [2.24, 2.45) is 0 Å². The Morgan fingerprint density at radius 2 is 1.77 bits per heavy atom. The number of halogens is 1. The van der Waals surface area contributed by atoms with E-state index in [1.54, 1.807) is 6.07 Å². The maximum atomic E-state index is 12.3. The third kappa shape index (κ3) is 4.86. The molecule has 1 amide bonds. The third-order valence-corrected chi connectivity index (χ3v) is 3.87. The fourth-order valence-electron chi connectivity index (χ4n) is 2.36. The highest BCUT2D eigenvalue weighted by Crippen LogP contribution is 2.20. The zero-order chi connectivity index (χ0) is 15.8. The molecule has 2 aromatic rings. The van der Waals surface area contributed by atoms with Crippen LogP contribution in [0.2, 0.25) is 5.02 Å². The third-order valence-electron chi connectivity index (χ3n) is 3.50. The van der Waals surface area contributed by atoms with E-state index in [2.05, 4.69) is 5.32 Å². The predicted octanol–water partition coefficient (Wildman–Crippen LogP) is 3.51. The molecule has 0 aliphatic carbocycles. The summed E-state index contributed by atoms with van der Waals surface area (Å²) in [5, 5.41) is 12.7. The van der Waals surface area contributed by atoms with Crippen molar-refractivity contribution < 1.29 is 9.90 Å². The molecule has 0 bridgehead atoms. The second-order valence-electron chi connectivity index (χ2n) is 5.16. The second kappa shape index (κ2) is 8.57. The van der Waals surface area contributed by atoms with E-state index in [-0.39, 0.29) is 25.0 Å². The average molecular weight is 318 g/mol. The molecule has 0 fully saturated rings. The average Bonchev–Trinajstić information content (AvgIpc) is 2.54. The van der Waals surface area contributed by atoms with Crippen molar-refractivity contribution in [3.63, 3.8) is 0 Å². The highest BCUT2D eigenvalue weighted by atomic mass is 35.5. The van der Waals surface area contributed by atoms with Crippen LogP contribution in [-0.4, -0.2) is 17.6 Å². The molecular formula is C18H20ClNO2. The van der Waals surface area contributed by atoms with Crippen LogP contribution in [0.15, 0.2) is 54.6 Å². The Labute approximate surface area is 135 Å². The molecule has 0 spiro atoms. The van der Waals surface area contributed by atoms with Crippen LogP contribution in [0.5, 0.6) is 0 Å². The lowest BCUT2D eigenvalue weighted by molar-refractivity contribution is -0.121. The molecule has 0 saturated carbocycles. The van der Waals surface area contributed by atoms with Gasteiger partial charge >= 0.3 is 0 Å². The van der Waals surface area contributed by atoms with E-state index in [0.29, 0.717) is 17.9 Å². The Morgan fingerprint density at radius 1 is 1.09 bits per heavy atom. The summed E-state index contributed by atoms with van der Waals surface area (Å²) in [5.41, 5.74) is 1.86. The van der Waals surface area contributed by atoms with Gasteiger partial charge in [0.25, 0.3) is 0 Å². The van der Waals surface area contributed by atoms with Crippen LogP contribution in [0.3, 0.4) is 0 Å². The molecule has 4 heteroatoms. The number of amides is 1. The number of aliphatic hydroxyl groups excluding tert-OH is 1. The van der Waals surface area contributed by atoms with Crippen molar-refractivity contribution in [1.82, 2.24) is 5.32 Å². The minimum absolute atomic E-state index is 0.0695. The number of nitrogens with one attached hydrogen (secondary N) is 1. The van der Waals surface area contributed by atoms with Crippen molar-refractivity contribution >= 4 is 17.5 Å². The van der Waals surface area contributed by atoms with Gasteiger partial charge in [0, 0.05) is 11.6 Å². The fraction of sp³-hybridized carbons (Fsp3) is 0.278. The minimum atomic E-state index is -0.0941. The minimum Gasteiger partial charge on any atom is -0.396 e. The van der Waals surface area contributed by atoms with Crippen LogP contribution in [0.25, 0.3) is 0 Å². The maximum absolute atomic E-state index is 12.3. The van der Waals surface area contributed by atoms with E-state index in [1.807, 2.05) is 48.5 Å². The molecule has 0 radical (unpaired) electrons. The summed E-state index contributed by atoms with van der Waals surface area (Å²) in [7, 11) is 0. The molecule has 3 nitrogen and oxygen atoms in total. The maximum Gasteiger partial charge on any atom is 0.224 e. The molecule has 0 heterocycles. The number of hydrogen-bond acceptors (Lipinski definition) is 2. The Kier molecular flexibility index (Phi) is 6.44. The normalized spacial score (nSPS) is 11.9. The number of aliphatic hydroxyl groups is 1. The number of carbonyl (C=O) groups is 1. The number of rotatable bonds is 7. The quantitative estimate of drug-likeness (QED) is 0.821. The van der Waals surface area contributed by atoms with Gasteiger partial charge in [-0.3, -0.25) is 4.79 Å². The van der Waals surface area contributed by atoms with Gasteiger partial charge in [-0.2, -0.15) is 0 Å². The van der Waals surface area contributed by atoms with Gasteiger partial charge in [0.1, 0.15) is 0 Å². The van der Waals surface area contributed by atoms with Crippen LogP contribution >= 0.6 is 11.6 Å². The van der Waals surface area contributed by atoms with Gasteiger partial charge in [0.05, 0.1) is 12.5 Å². The van der Waals surface area contributed by atoms with Crippen LogP contribution < -0.4 is 5.32 Å². The topological polar surface area (TPSA) is 49.3 Å². The van der Waals surface area contributed by atoms with Gasteiger partial charge in [-0.05, 0) is 30.0 Å². The van der Waals surface area contributed by atoms with Gasteiger partial charge in [0.2, 0.25) is 5.91 Å². The molecule has 0 aliphatic rings. The van der Waals surface area contributed by atoms with E-state index in [1.165, 1.54) is 0 Å². The summed E-state index contributed by atoms with van der Waals surface area (Å²) >= 11 is 6.09. The molecular weight excluding hydrogens is 298 g/mol. The van der Waals surface area contributed by atoms with Gasteiger partial charge in [-0.25, -0.2) is 0 Å². The fourth-order valence-corrected chi connectivity index (χ4v) is 2.57. The molecule has 0 saturated heterocycles. The highest BCUT2D eigenvalue weighted by Gasteiger charge is 2.15. The Morgan fingerprint density at radius 3 is 2.45 bits per heavy atom. The zero-order valence-electron chi connectivity index (χ0n) is 12.3. The van der Waals surface area contributed by atoms with Gasteiger partial charge in [0.15, 0.2) is 0 Å².